The van der Waals surface area contributed by atoms with Crippen LogP contribution in [0.15, 0.2) is 128 Å². The second-order valence-electron chi connectivity index (χ2n) is 8.09. The smallest absolute Gasteiger partial charge is 0.193 e. The lowest BCUT2D eigenvalue weighted by Crippen LogP contribution is -1.99. The quantitative estimate of drug-likeness (QED) is 0.284. The van der Waals surface area contributed by atoms with Crippen molar-refractivity contribution in [3.8, 4) is 34.1 Å². The molecule has 0 saturated carbocycles. The molecule has 0 saturated heterocycles. The third kappa shape index (κ3) is 4.00. The van der Waals surface area contributed by atoms with Crippen molar-refractivity contribution in [2.24, 2.45) is 0 Å². The van der Waals surface area contributed by atoms with E-state index in [1.54, 1.807) is 24.3 Å². The molecule has 0 radical (unpaired) electrons. The summed E-state index contributed by atoms with van der Waals surface area (Å²) >= 11 is 0. The highest BCUT2D eigenvalue weighted by molar-refractivity contribution is 5.79. The number of ether oxygens (including phenoxy) is 1. The highest BCUT2D eigenvalue weighted by Crippen LogP contribution is 2.29. The normalized spacial score (nSPS) is 11.1. The fourth-order valence-corrected chi connectivity index (χ4v) is 4.00. The molecule has 5 nitrogen and oxygen atoms in total. The van der Waals surface area contributed by atoms with Gasteiger partial charge in [0.2, 0.25) is 0 Å². The van der Waals surface area contributed by atoms with E-state index in [0.29, 0.717) is 45.0 Å². The van der Waals surface area contributed by atoms with Crippen molar-refractivity contribution in [2.75, 3.05) is 0 Å². The van der Waals surface area contributed by atoms with E-state index < -0.39 is 0 Å². The zero-order chi connectivity index (χ0) is 23.8. The standard InChI is InChI=1S/C30H18O5/c31-25-17-29(34-27-7-3-1-5-23(25)27)19-9-13-21(14-10-19)33-22-15-11-20(12-16-22)30-18-26(32)24-6-2-4-8-28(24)35-30/h1-18H. The second-order valence-corrected chi connectivity index (χ2v) is 8.09. The summed E-state index contributed by atoms with van der Waals surface area (Å²) in [5, 5.41) is 1.12. The lowest BCUT2D eigenvalue weighted by Gasteiger charge is -2.08. The highest BCUT2D eigenvalue weighted by Gasteiger charge is 2.09. The number of para-hydroxylation sites is 2. The lowest BCUT2D eigenvalue weighted by molar-refractivity contribution is 0.482. The van der Waals surface area contributed by atoms with E-state index in [2.05, 4.69) is 0 Å². The molecule has 0 aliphatic rings. The topological polar surface area (TPSA) is 69.7 Å². The zero-order valence-corrected chi connectivity index (χ0v) is 18.4. The van der Waals surface area contributed by atoms with Crippen LogP contribution < -0.4 is 15.6 Å². The second kappa shape index (κ2) is 8.47. The van der Waals surface area contributed by atoms with Crippen LogP contribution in [-0.2, 0) is 0 Å². The molecule has 0 spiro atoms. The Labute approximate surface area is 199 Å². The van der Waals surface area contributed by atoms with Crippen LogP contribution in [-0.4, -0.2) is 0 Å². The summed E-state index contributed by atoms with van der Waals surface area (Å²) < 4.78 is 17.8. The summed E-state index contributed by atoms with van der Waals surface area (Å²) in [5.41, 5.74) is 2.51. The van der Waals surface area contributed by atoms with Gasteiger partial charge in [0.1, 0.15) is 34.2 Å². The van der Waals surface area contributed by atoms with Gasteiger partial charge in [0.15, 0.2) is 10.9 Å². The molecule has 0 unspecified atom stereocenters. The van der Waals surface area contributed by atoms with Crippen molar-refractivity contribution in [3.05, 3.63) is 130 Å². The van der Waals surface area contributed by atoms with Gasteiger partial charge in [-0.2, -0.15) is 0 Å². The van der Waals surface area contributed by atoms with Crippen molar-refractivity contribution in [2.45, 2.75) is 0 Å². The first-order chi connectivity index (χ1) is 17.1. The number of hydrogen-bond donors (Lipinski definition) is 0. The highest BCUT2D eigenvalue weighted by atomic mass is 16.5. The van der Waals surface area contributed by atoms with Gasteiger partial charge < -0.3 is 13.6 Å². The van der Waals surface area contributed by atoms with Crippen molar-refractivity contribution >= 4 is 21.9 Å². The number of rotatable bonds is 4. The number of fused-ring (bicyclic) bond motifs is 2. The predicted octanol–water partition coefficient (Wildman–Crippen LogP) is 7.03. The molecule has 6 aromatic rings. The first-order valence-corrected chi connectivity index (χ1v) is 11.1. The van der Waals surface area contributed by atoms with Gasteiger partial charge in [0.05, 0.1) is 10.8 Å². The first kappa shape index (κ1) is 20.7. The van der Waals surface area contributed by atoms with Gasteiger partial charge in [-0.25, -0.2) is 0 Å². The Morgan fingerprint density at radius 2 is 0.886 bits per heavy atom. The third-order valence-corrected chi connectivity index (χ3v) is 5.78. The van der Waals surface area contributed by atoms with Crippen LogP contribution in [0.5, 0.6) is 11.5 Å². The zero-order valence-electron chi connectivity index (χ0n) is 18.4. The van der Waals surface area contributed by atoms with Crippen molar-refractivity contribution < 1.29 is 13.6 Å². The van der Waals surface area contributed by atoms with Gasteiger partial charge in [0.25, 0.3) is 0 Å². The summed E-state index contributed by atoms with van der Waals surface area (Å²) in [6.45, 7) is 0. The van der Waals surface area contributed by atoms with Crippen LogP contribution in [0.2, 0.25) is 0 Å². The van der Waals surface area contributed by atoms with Crippen LogP contribution in [0.25, 0.3) is 44.6 Å². The van der Waals surface area contributed by atoms with Gasteiger partial charge in [-0.15, -0.1) is 0 Å². The summed E-state index contributed by atoms with van der Waals surface area (Å²) in [7, 11) is 0. The Bertz CT molecular complexity index is 1660. The number of benzene rings is 4. The third-order valence-electron chi connectivity index (χ3n) is 5.78. The minimum Gasteiger partial charge on any atom is -0.457 e. The summed E-state index contributed by atoms with van der Waals surface area (Å²) in [4.78, 5) is 24.8. The summed E-state index contributed by atoms with van der Waals surface area (Å²) in [6.07, 6.45) is 0. The van der Waals surface area contributed by atoms with E-state index in [1.165, 1.54) is 12.1 Å². The van der Waals surface area contributed by atoms with Gasteiger partial charge in [-0.3, -0.25) is 9.59 Å². The largest absolute Gasteiger partial charge is 0.457 e. The maximum atomic E-state index is 12.4. The lowest BCUT2D eigenvalue weighted by atomic mass is 10.1. The van der Waals surface area contributed by atoms with Crippen molar-refractivity contribution in [1.82, 2.24) is 0 Å². The Hall–Kier alpha value is -4.90. The molecule has 0 bridgehead atoms. The van der Waals surface area contributed by atoms with Gasteiger partial charge in [-0.05, 0) is 72.8 Å². The average Bonchev–Trinajstić information content (AvgIpc) is 2.89. The molecule has 0 aliphatic carbocycles. The molecule has 4 aromatic carbocycles. The summed E-state index contributed by atoms with van der Waals surface area (Å²) in [6, 6.07) is 32.0. The molecule has 6 rings (SSSR count). The molecule has 35 heavy (non-hydrogen) atoms. The van der Waals surface area contributed by atoms with Crippen LogP contribution in [0.4, 0.5) is 0 Å². The summed E-state index contributed by atoms with van der Waals surface area (Å²) in [5.74, 6) is 2.28. The molecule has 0 atom stereocenters. The fourth-order valence-electron chi connectivity index (χ4n) is 4.00. The molecule has 2 aromatic heterocycles. The molecule has 2 heterocycles. The van der Waals surface area contributed by atoms with Crippen molar-refractivity contribution in [3.63, 3.8) is 0 Å². The van der Waals surface area contributed by atoms with Gasteiger partial charge in [0, 0.05) is 23.3 Å². The molecule has 0 fully saturated rings. The predicted molar refractivity (Wildman–Crippen MR) is 136 cm³/mol. The van der Waals surface area contributed by atoms with Gasteiger partial charge >= 0.3 is 0 Å². The molecule has 0 N–H and O–H groups in total. The van der Waals surface area contributed by atoms with E-state index in [4.69, 9.17) is 13.6 Å². The van der Waals surface area contributed by atoms with Crippen LogP contribution in [0, 0.1) is 0 Å². The van der Waals surface area contributed by atoms with Crippen LogP contribution in [0.3, 0.4) is 0 Å². The van der Waals surface area contributed by atoms with E-state index in [1.807, 2.05) is 72.8 Å². The molecule has 5 heteroatoms. The average molecular weight is 458 g/mol. The molecule has 168 valence electrons. The minimum atomic E-state index is -0.0792. The molecule has 0 aliphatic heterocycles. The Kier molecular flexibility index (Phi) is 5.00. The minimum absolute atomic E-state index is 0.0792. The Balaban J connectivity index is 1.23. The Morgan fingerprint density at radius 3 is 1.31 bits per heavy atom. The molecular formula is C30H18O5. The first-order valence-electron chi connectivity index (χ1n) is 11.1. The fraction of sp³-hybridized carbons (Fsp3) is 0. The van der Waals surface area contributed by atoms with Crippen LogP contribution in [0.1, 0.15) is 0 Å². The molecule has 0 amide bonds. The Morgan fingerprint density at radius 1 is 0.486 bits per heavy atom. The van der Waals surface area contributed by atoms with Crippen LogP contribution >= 0.6 is 0 Å². The van der Waals surface area contributed by atoms with E-state index in [0.717, 1.165) is 11.1 Å². The molecular weight excluding hydrogens is 440 g/mol. The van der Waals surface area contributed by atoms with E-state index >= 15 is 0 Å². The number of hydrogen-bond acceptors (Lipinski definition) is 5. The van der Waals surface area contributed by atoms with Gasteiger partial charge in [-0.1, -0.05) is 24.3 Å². The maximum absolute atomic E-state index is 12.4. The maximum Gasteiger partial charge on any atom is 0.193 e. The van der Waals surface area contributed by atoms with Crippen molar-refractivity contribution in [1.29, 1.82) is 0 Å². The van der Waals surface area contributed by atoms with E-state index in [-0.39, 0.29) is 10.9 Å². The van der Waals surface area contributed by atoms with E-state index in [9.17, 15) is 9.59 Å². The SMILES string of the molecule is O=c1cc(-c2ccc(Oc3ccc(-c4cc(=O)c5ccccc5o4)cc3)cc2)oc2ccccc12. The monoisotopic (exact) mass is 458 g/mol.